The van der Waals surface area contributed by atoms with Crippen LogP contribution >= 0.6 is 0 Å². The van der Waals surface area contributed by atoms with Gasteiger partial charge in [-0.15, -0.1) is 0 Å². The average Bonchev–Trinajstić information content (AvgIpc) is 3.65. The SMILES string of the molecule is CC(c1ccnc(Nc2nc3ccc(-c4cc(N(C)CC5CC5)ncn4)cc3[nH]2)c1)N1CCNCC1. The van der Waals surface area contributed by atoms with Crippen molar-refractivity contribution in [2.75, 3.05) is 50.0 Å². The molecule has 1 unspecified atom stereocenters. The Morgan fingerprint density at radius 3 is 2.78 bits per heavy atom. The summed E-state index contributed by atoms with van der Waals surface area (Å²) in [5.41, 5.74) is 5.04. The zero-order valence-electron chi connectivity index (χ0n) is 20.9. The molecule has 0 radical (unpaired) electrons. The molecule has 36 heavy (non-hydrogen) atoms. The van der Waals surface area contributed by atoms with Crippen molar-refractivity contribution >= 4 is 28.6 Å². The average molecular weight is 484 g/mol. The molecule has 1 saturated carbocycles. The first-order valence-corrected chi connectivity index (χ1v) is 12.8. The fraction of sp³-hybridized carbons (Fsp3) is 0.407. The number of pyridine rings is 1. The van der Waals surface area contributed by atoms with Crippen LogP contribution in [0.3, 0.4) is 0 Å². The first-order chi connectivity index (χ1) is 17.6. The van der Waals surface area contributed by atoms with Crippen LogP contribution in [-0.2, 0) is 0 Å². The molecule has 186 valence electrons. The number of imidazole rings is 1. The van der Waals surface area contributed by atoms with E-state index in [0.29, 0.717) is 12.0 Å². The summed E-state index contributed by atoms with van der Waals surface area (Å²) in [5.74, 6) is 3.23. The van der Waals surface area contributed by atoms with Gasteiger partial charge in [-0.2, -0.15) is 0 Å². The second kappa shape index (κ2) is 9.83. The van der Waals surface area contributed by atoms with Crippen molar-refractivity contribution in [1.82, 2.24) is 35.1 Å². The van der Waals surface area contributed by atoms with E-state index >= 15 is 0 Å². The molecule has 3 N–H and O–H groups in total. The van der Waals surface area contributed by atoms with Gasteiger partial charge in [-0.05, 0) is 55.5 Å². The smallest absolute Gasteiger partial charge is 0.206 e. The molecule has 0 spiro atoms. The Hall–Kier alpha value is -3.56. The van der Waals surface area contributed by atoms with Crippen molar-refractivity contribution in [1.29, 1.82) is 0 Å². The standard InChI is InChI=1S/C27H33N9/c1-18(36-11-9-28-10-12-36)20-7-8-29-25(14-20)34-27-32-22-6-5-21(13-24(22)33-27)23-15-26(31-17-30-23)35(2)16-19-3-4-19/h5-8,13-15,17-19,28H,3-4,9-12,16H2,1-2H3,(H2,29,32,33,34). The number of nitrogens with one attached hydrogen (secondary N) is 3. The van der Waals surface area contributed by atoms with Gasteiger partial charge in [0.1, 0.15) is 18.0 Å². The van der Waals surface area contributed by atoms with Crippen LogP contribution in [0, 0.1) is 5.92 Å². The third-order valence-corrected chi connectivity index (χ3v) is 7.26. The number of anilines is 3. The van der Waals surface area contributed by atoms with Gasteiger partial charge in [-0.1, -0.05) is 6.07 Å². The molecule has 1 saturated heterocycles. The third kappa shape index (κ3) is 5.03. The lowest BCUT2D eigenvalue weighted by molar-refractivity contribution is 0.185. The predicted octanol–water partition coefficient (Wildman–Crippen LogP) is 3.97. The fourth-order valence-electron chi connectivity index (χ4n) is 4.90. The Balaban J connectivity index is 1.19. The number of piperazine rings is 1. The molecule has 3 aromatic heterocycles. The van der Waals surface area contributed by atoms with Crippen molar-refractivity contribution in [3.05, 3.63) is 54.5 Å². The minimum atomic E-state index is 0.343. The van der Waals surface area contributed by atoms with Gasteiger partial charge in [-0.25, -0.2) is 19.9 Å². The molecular weight excluding hydrogens is 450 g/mol. The maximum atomic E-state index is 4.73. The number of hydrogen-bond donors (Lipinski definition) is 3. The second-order valence-corrected chi connectivity index (χ2v) is 9.96. The highest BCUT2D eigenvalue weighted by Gasteiger charge is 2.23. The molecule has 2 fully saturated rings. The zero-order valence-corrected chi connectivity index (χ0v) is 20.9. The highest BCUT2D eigenvalue weighted by molar-refractivity contribution is 5.83. The van der Waals surface area contributed by atoms with Crippen molar-refractivity contribution in [3.8, 4) is 11.3 Å². The number of nitrogens with zero attached hydrogens (tertiary/aromatic N) is 6. The van der Waals surface area contributed by atoms with E-state index in [9.17, 15) is 0 Å². The maximum absolute atomic E-state index is 4.73. The van der Waals surface area contributed by atoms with Crippen LogP contribution in [-0.4, -0.2) is 69.6 Å². The largest absolute Gasteiger partial charge is 0.359 e. The molecule has 9 heteroatoms. The van der Waals surface area contributed by atoms with E-state index in [1.807, 2.05) is 12.3 Å². The highest BCUT2D eigenvalue weighted by atomic mass is 15.2. The summed E-state index contributed by atoms with van der Waals surface area (Å²) in [4.78, 5) is 26.4. The Bertz CT molecular complexity index is 1340. The summed E-state index contributed by atoms with van der Waals surface area (Å²) in [6.45, 7) is 7.50. The van der Waals surface area contributed by atoms with E-state index in [0.717, 1.165) is 72.6 Å². The number of H-pyrrole nitrogens is 1. The lowest BCUT2D eigenvalue weighted by Crippen LogP contribution is -2.44. The van der Waals surface area contributed by atoms with Crippen LogP contribution in [0.25, 0.3) is 22.3 Å². The molecule has 1 atom stereocenters. The Morgan fingerprint density at radius 2 is 1.94 bits per heavy atom. The van der Waals surface area contributed by atoms with E-state index < -0.39 is 0 Å². The minimum Gasteiger partial charge on any atom is -0.359 e. The fourth-order valence-corrected chi connectivity index (χ4v) is 4.90. The quantitative estimate of drug-likeness (QED) is 0.346. The molecule has 9 nitrogen and oxygen atoms in total. The third-order valence-electron chi connectivity index (χ3n) is 7.26. The highest BCUT2D eigenvalue weighted by Crippen LogP contribution is 2.31. The molecule has 2 aliphatic rings. The van der Waals surface area contributed by atoms with Crippen LogP contribution < -0.4 is 15.5 Å². The monoisotopic (exact) mass is 483 g/mol. The van der Waals surface area contributed by atoms with E-state index in [4.69, 9.17) is 4.98 Å². The van der Waals surface area contributed by atoms with Crippen LogP contribution in [0.15, 0.2) is 48.9 Å². The maximum Gasteiger partial charge on any atom is 0.206 e. The summed E-state index contributed by atoms with van der Waals surface area (Å²) >= 11 is 0. The molecule has 0 amide bonds. The molecule has 4 aromatic rings. The van der Waals surface area contributed by atoms with Gasteiger partial charge in [0.2, 0.25) is 5.95 Å². The van der Waals surface area contributed by atoms with Gasteiger partial charge in [0, 0.05) is 63.6 Å². The molecule has 1 aliphatic heterocycles. The molecule has 1 aromatic carbocycles. The summed E-state index contributed by atoms with van der Waals surface area (Å²) < 4.78 is 0. The Kier molecular flexibility index (Phi) is 6.25. The van der Waals surface area contributed by atoms with Crippen molar-refractivity contribution in [2.45, 2.75) is 25.8 Å². The van der Waals surface area contributed by atoms with Crippen molar-refractivity contribution < 1.29 is 0 Å². The van der Waals surface area contributed by atoms with Crippen LogP contribution in [0.4, 0.5) is 17.6 Å². The van der Waals surface area contributed by atoms with Crippen LogP contribution in [0.1, 0.15) is 31.4 Å². The van der Waals surface area contributed by atoms with E-state index in [2.05, 4.69) is 84.7 Å². The molecule has 4 heterocycles. The van der Waals surface area contributed by atoms with Crippen molar-refractivity contribution in [2.24, 2.45) is 5.92 Å². The first-order valence-electron chi connectivity index (χ1n) is 12.8. The number of benzene rings is 1. The van der Waals surface area contributed by atoms with Gasteiger partial charge in [0.05, 0.1) is 16.7 Å². The van der Waals surface area contributed by atoms with E-state index in [-0.39, 0.29) is 0 Å². The summed E-state index contributed by atoms with van der Waals surface area (Å²) in [6.07, 6.45) is 6.16. The van der Waals surface area contributed by atoms with Gasteiger partial charge in [-0.3, -0.25) is 4.90 Å². The van der Waals surface area contributed by atoms with E-state index in [1.165, 1.54) is 18.4 Å². The second-order valence-electron chi connectivity index (χ2n) is 9.96. The van der Waals surface area contributed by atoms with E-state index in [1.54, 1.807) is 6.33 Å². The normalized spacial score (nSPS) is 17.3. The molecule has 0 bridgehead atoms. The number of aromatic amines is 1. The predicted molar refractivity (Wildman–Crippen MR) is 143 cm³/mol. The van der Waals surface area contributed by atoms with Crippen LogP contribution in [0.2, 0.25) is 0 Å². The minimum absolute atomic E-state index is 0.343. The number of hydrogen-bond acceptors (Lipinski definition) is 8. The summed E-state index contributed by atoms with van der Waals surface area (Å²) in [5, 5.41) is 6.78. The lowest BCUT2D eigenvalue weighted by Gasteiger charge is -2.33. The molecule has 6 rings (SSSR count). The number of fused-ring (bicyclic) bond motifs is 1. The summed E-state index contributed by atoms with van der Waals surface area (Å²) in [6, 6.07) is 12.8. The first kappa shape index (κ1) is 22.9. The summed E-state index contributed by atoms with van der Waals surface area (Å²) in [7, 11) is 2.11. The number of rotatable bonds is 8. The zero-order chi connectivity index (χ0) is 24.5. The van der Waals surface area contributed by atoms with Gasteiger partial charge in [0.15, 0.2) is 0 Å². The Labute approximate surface area is 211 Å². The van der Waals surface area contributed by atoms with Crippen molar-refractivity contribution in [3.63, 3.8) is 0 Å². The Morgan fingerprint density at radius 1 is 1.08 bits per heavy atom. The lowest BCUT2D eigenvalue weighted by atomic mass is 10.1. The topological polar surface area (TPSA) is 97.9 Å². The molecule has 1 aliphatic carbocycles. The number of aromatic nitrogens is 5. The van der Waals surface area contributed by atoms with Gasteiger partial charge in [0.25, 0.3) is 0 Å². The van der Waals surface area contributed by atoms with Gasteiger partial charge >= 0.3 is 0 Å². The molecular formula is C27H33N9. The van der Waals surface area contributed by atoms with Gasteiger partial charge < -0.3 is 20.5 Å². The van der Waals surface area contributed by atoms with Crippen LogP contribution in [0.5, 0.6) is 0 Å².